The van der Waals surface area contributed by atoms with Gasteiger partial charge in [-0.25, -0.2) is 4.39 Å². The lowest BCUT2D eigenvalue weighted by molar-refractivity contribution is 0.0937. The van der Waals surface area contributed by atoms with Crippen LogP contribution in [0, 0.1) is 5.82 Å². The minimum Gasteiger partial charge on any atom is -0.348 e. The lowest BCUT2D eigenvalue weighted by Crippen LogP contribution is -2.36. The maximum absolute atomic E-state index is 12.8. The highest BCUT2D eigenvalue weighted by Crippen LogP contribution is 2.16. The minimum atomic E-state index is -0.330. The molecule has 2 heterocycles. The maximum atomic E-state index is 12.8. The Morgan fingerprint density at radius 3 is 2.95 bits per heavy atom. The zero-order valence-electron chi connectivity index (χ0n) is 11.5. The van der Waals surface area contributed by atoms with Crippen molar-refractivity contribution in [3.05, 3.63) is 52.2 Å². The normalized spacial score (nSPS) is 18.8. The summed E-state index contributed by atoms with van der Waals surface area (Å²) in [7, 11) is 0. The molecule has 1 aromatic carbocycles. The number of benzene rings is 1. The van der Waals surface area contributed by atoms with Crippen molar-refractivity contribution in [2.75, 3.05) is 13.1 Å². The predicted molar refractivity (Wildman–Crippen MR) is 79.7 cm³/mol. The first-order valence-electron chi connectivity index (χ1n) is 6.87. The third kappa shape index (κ3) is 3.65. The number of hydrogen-bond donors (Lipinski definition) is 1. The van der Waals surface area contributed by atoms with E-state index in [-0.39, 0.29) is 17.8 Å². The van der Waals surface area contributed by atoms with Crippen LogP contribution in [-0.4, -0.2) is 34.9 Å². The van der Waals surface area contributed by atoms with Gasteiger partial charge in [-0.2, -0.15) is 0 Å². The van der Waals surface area contributed by atoms with Gasteiger partial charge in [-0.15, -0.1) is 11.3 Å². The van der Waals surface area contributed by atoms with Crippen LogP contribution in [0.3, 0.4) is 0 Å². The van der Waals surface area contributed by atoms with Crippen LogP contribution in [0.1, 0.15) is 21.7 Å². The molecule has 0 aliphatic carbocycles. The van der Waals surface area contributed by atoms with E-state index in [0.29, 0.717) is 5.56 Å². The zero-order chi connectivity index (χ0) is 14.7. The maximum Gasteiger partial charge on any atom is 0.251 e. The van der Waals surface area contributed by atoms with Crippen LogP contribution in [0.2, 0.25) is 0 Å². The topological polar surface area (TPSA) is 45.2 Å². The van der Waals surface area contributed by atoms with E-state index in [1.54, 1.807) is 11.3 Å². The first kappa shape index (κ1) is 14.2. The molecular formula is C15H16FN3OS. The van der Waals surface area contributed by atoms with Crippen LogP contribution in [0.25, 0.3) is 0 Å². The molecular weight excluding hydrogens is 289 g/mol. The molecule has 0 radical (unpaired) electrons. The third-order valence-corrected chi connectivity index (χ3v) is 4.34. The summed E-state index contributed by atoms with van der Waals surface area (Å²) in [6.07, 6.45) is 2.82. The van der Waals surface area contributed by atoms with Crippen molar-refractivity contribution in [1.82, 2.24) is 15.2 Å². The van der Waals surface area contributed by atoms with Crippen molar-refractivity contribution in [1.29, 1.82) is 0 Å². The molecule has 4 nitrogen and oxygen atoms in total. The van der Waals surface area contributed by atoms with Gasteiger partial charge >= 0.3 is 0 Å². The van der Waals surface area contributed by atoms with Crippen LogP contribution in [0.4, 0.5) is 4.39 Å². The number of rotatable bonds is 4. The first-order valence-corrected chi connectivity index (χ1v) is 7.75. The van der Waals surface area contributed by atoms with Crippen molar-refractivity contribution in [2.45, 2.75) is 19.0 Å². The van der Waals surface area contributed by atoms with Gasteiger partial charge < -0.3 is 5.32 Å². The fraction of sp³-hybridized carbons (Fsp3) is 0.333. The van der Waals surface area contributed by atoms with Gasteiger partial charge in [0.05, 0.1) is 5.51 Å². The summed E-state index contributed by atoms with van der Waals surface area (Å²) in [5.41, 5.74) is 2.33. The van der Waals surface area contributed by atoms with Gasteiger partial charge in [-0.05, 0) is 30.7 Å². The van der Waals surface area contributed by atoms with Crippen LogP contribution >= 0.6 is 11.3 Å². The van der Waals surface area contributed by atoms with Crippen molar-refractivity contribution < 1.29 is 9.18 Å². The minimum absolute atomic E-state index is 0.139. The molecule has 110 valence electrons. The molecule has 1 N–H and O–H groups in total. The second-order valence-corrected chi connectivity index (χ2v) is 6.14. The standard InChI is InChI=1S/C15H16FN3OS/c16-12-3-1-11(2-4-12)15(20)18-13-5-6-19(8-13)9-14-7-17-10-21-14/h1-4,7,10,13H,5-6,8-9H2,(H,18,20)/t13-/m1/s1. The number of amides is 1. The summed E-state index contributed by atoms with van der Waals surface area (Å²) in [6.45, 7) is 2.69. The van der Waals surface area contributed by atoms with Crippen molar-refractivity contribution in [3.8, 4) is 0 Å². The molecule has 1 amide bonds. The third-order valence-electron chi connectivity index (χ3n) is 3.58. The second-order valence-electron chi connectivity index (χ2n) is 5.17. The number of carbonyl (C=O) groups is 1. The van der Waals surface area contributed by atoms with Gasteiger partial charge in [-0.3, -0.25) is 14.7 Å². The van der Waals surface area contributed by atoms with E-state index < -0.39 is 0 Å². The highest BCUT2D eigenvalue weighted by atomic mass is 32.1. The molecule has 3 rings (SSSR count). The Bertz CT molecular complexity index is 600. The molecule has 1 aromatic heterocycles. The highest BCUT2D eigenvalue weighted by Gasteiger charge is 2.24. The smallest absolute Gasteiger partial charge is 0.251 e. The van der Waals surface area contributed by atoms with Gasteiger partial charge in [0, 0.05) is 42.3 Å². The average molecular weight is 305 g/mol. The quantitative estimate of drug-likeness (QED) is 0.942. The summed E-state index contributed by atoms with van der Waals surface area (Å²) in [5.74, 6) is -0.470. The fourth-order valence-electron chi connectivity index (χ4n) is 2.50. The molecule has 21 heavy (non-hydrogen) atoms. The average Bonchev–Trinajstić information content (AvgIpc) is 3.12. The Morgan fingerprint density at radius 1 is 1.43 bits per heavy atom. The molecule has 6 heteroatoms. The number of hydrogen-bond acceptors (Lipinski definition) is 4. The molecule has 0 unspecified atom stereocenters. The lowest BCUT2D eigenvalue weighted by Gasteiger charge is -2.15. The molecule has 1 aliphatic heterocycles. The Hall–Kier alpha value is -1.79. The van der Waals surface area contributed by atoms with E-state index in [1.165, 1.54) is 29.1 Å². The summed E-state index contributed by atoms with van der Waals surface area (Å²) in [6, 6.07) is 5.78. The summed E-state index contributed by atoms with van der Waals surface area (Å²) in [5, 5.41) is 3.01. The van der Waals surface area contributed by atoms with Gasteiger partial charge in [-0.1, -0.05) is 0 Å². The molecule has 1 saturated heterocycles. The summed E-state index contributed by atoms with van der Waals surface area (Å²) >= 11 is 1.65. The van der Waals surface area contributed by atoms with E-state index in [9.17, 15) is 9.18 Å². The number of carbonyl (C=O) groups excluding carboxylic acids is 1. The Balaban J connectivity index is 1.52. The number of aromatic nitrogens is 1. The molecule has 0 saturated carbocycles. The molecule has 1 atom stereocenters. The van der Waals surface area contributed by atoms with Gasteiger partial charge in [0.1, 0.15) is 5.82 Å². The Morgan fingerprint density at radius 2 is 2.24 bits per heavy atom. The first-order chi connectivity index (χ1) is 10.2. The number of likely N-dealkylation sites (tertiary alicyclic amines) is 1. The van der Waals surface area contributed by atoms with Crippen LogP contribution in [0.5, 0.6) is 0 Å². The number of halogens is 1. The van der Waals surface area contributed by atoms with Crippen LogP contribution in [-0.2, 0) is 6.54 Å². The van der Waals surface area contributed by atoms with Crippen LogP contribution in [0.15, 0.2) is 36.0 Å². The fourth-order valence-corrected chi connectivity index (χ4v) is 3.14. The van der Waals surface area contributed by atoms with Crippen molar-refractivity contribution in [3.63, 3.8) is 0 Å². The lowest BCUT2D eigenvalue weighted by atomic mass is 10.2. The van der Waals surface area contributed by atoms with Gasteiger partial charge in [0.25, 0.3) is 5.91 Å². The molecule has 2 aromatic rings. The molecule has 1 aliphatic rings. The number of thiazole rings is 1. The SMILES string of the molecule is O=C(N[C@@H]1CCN(Cc2cncs2)C1)c1ccc(F)cc1. The zero-order valence-corrected chi connectivity index (χ0v) is 12.3. The van der Waals surface area contributed by atoms with E-state index in [4.69, 9.17) is 0 Å². The van der Waals surface area contributed by atoms with E-state index in [1.807, 2.05) is 11.7 Å². The van der Waals surface area contributed by atoms with Gasteiger partial charge in [0.2, 0.25) is 0 Å². The largest absolute Gasteiger partial charge is 0.348 e. The molecule has 0 bridgehead atoms. The summed E-state index contributed by atoms with van der Waals surface area (Å²) < 4.78 is 12.8. The summed E-state index contributed by atoms with van der Waals surface area (Å²) in [4.78, 5) is 19.7. The predicted octanol–water partition coefficient (Wildman–Crippen LogP) is 2.29. The Labute approximate surface area is 126 Å². The number of nitrogens with one attached hydrogen (secondary N) is 1. The van der Waals surface area contributed by atoms with Gasteiger partial charge in [0.15, 0.2) is 0 Å². The van der Waals surface area contributed by atoms with Crippen molar-refractivity contribution >= 4 is 17.2 Å². The number of nitrogens with zero attached hydrogens (tertiary/aromatic N) is 2. The van der Waals surface area contributed by atoms with Crippen LogP contribution < -0.4 is 5.32 Å². The molecule has 1 fully saturated rings. The van der Waals surface area contributed by atoms with E-state index in [0.717, 1.165) is 26.1 Å². The second kappa shape index (κ2) is 6.32. The Kier molecular flexibility index (Phi) is 4.26. The highest BCUT2D eigenvalue weighted by molar-refractivity contribution is 7.09. The van der Waals surface area contributed by atoms with E-state index in [2.05, 4.69) is 15.2 Å². The van der Waals surface area contributed by atoms with Crippen molar-refractivity contribution in [2.24, 2.45) is 0 Å². The monoisotopic (exact) mass is 305 g/mol. The molecule has 0 spiro atoms. The van der Waals surface area contributed by atoms with E-state index >= 15 is 0 Å².